The Morgan fingerprint density at radius 1 is 1.17 bits per heavy atom. The number of piperidine rings is 1. The quantitative estimate of drug-likeness (QED) is 0.656. The van der Waals surface area contributed by atoms with Crippen molar-refractivity contribution >= 4 is 18.3 Å². The number of nitrogens with zero attached hydrogens (tertiary/aromatic N) is 2. The summed E-state index contributed by atoms with van der Waals surface area (Å²) in [6.07, 6.45) is 2.63. The van der Waals surface area contributed by atoms with Crippen LogP contribution in [0.4, 0.5) is 4.39 Å². The molecule has 0 bridgehead atoms. The average molecular weight is 429 g/mol. The highest BCUT2D eigenvalue weighted by atomic mass is 35.5. The van der Waals surface area contributed by atoms with Gasteiger partial charge in [0.15, 0.2) is 0 Å². The summed E-state index contributed by atoms with van der Waals surface area (Å²) in [6.45, 7) is 5.95. The second-order valence-electron chi connectivity index (χ2n) is 7.73. The molecular formula is C23H26ClFN4O. The van der Waals surface area contributed by atoms with Crippen LogP contribution in [0.2, 0.25) is 0 Å². The molecule has 1 aromatic heterocycles. The lowest BCUT2D eigenvalue weighted by atomic mass is 9.95. The summed E-state index contributed by atoms with van der Waals surface area (Å²) >= 11 is 0. The third-order valence-electron chi connectivity index (χ3n) is 5.48. The summed E-state index contributed by atoms with van der Waals surface area (Å²) in [7, 11) is 0. The van der Waals surface area contributed by atoms with E-state index in [-0.39, 0.29) is 30.2 Å². The van der Waals surface area contributed by atoms with Gasteiger partial charge in [-0.15, -0.1) is 12.4 Å². The average Bonchev–Trinajstić information content (AvgIpc) is 3.16. The van der Waals surface area contributed by atoms with E-state index in [1.165, 1.54) is 12.1 Å². The van der Waals surface area contributed by atoms with Gasteiger partial charge >= 0.3 is 0 Å². The lowest BCUT2D eigenvalue weighted by molar-refractivity contribution is 0.0915. The molecule has 158 valence electrons. The van der Waals surface area contributed by atoms with Gasteiger partial charge in [0.1, 0.15) is 11.5 Å². The van der Waals surface area contributed by atoms with Crippen molar-refractivity contribution < 1.29 is 9.18 Å². The lowest BCUT2D eigenvalue weighted by Gasteiger charge is -2.30. The van der Waals surface area contributed by atoms with Gasteiger partial charge < -0.3 is 10.6 Å². The Morgan fingerprint density at radius 3 is 2.53 bits per heavy atom. The molecule has 2 heterocycles. The molecule has 1 aliphatic heterocycles. The van der Waals surface area contributed by atoms with E-state index in [0.29, 0.717) is 22.9 Å². The zero-order chi connectivity index (χ0) is 20.4. The summed E-state index contributed by atoms with van der Waals surface area (Å²) in [5, 5.41) is 11.2. The largest absolute Gasteiger partial charge is 0.349 e. The molecule has 4 rings (SSSR count). The first-order valence-corrected chi connectivity index (χ1v) is 9.95. The molecule has 7 heteroatoms. The topological polar surface area (TPSA) is 59.0 Å². The van der Waals surface area contributed by atoms with Crippen molar-refractivity contribution in [2.24, 2.45) is 5.92 Å². The predicted octanol–water partition coefficient (Wildman–Crippen LogP) is 4.14. The monoisotopic (exact) mass is 428 g/mol. The molecule has 2 aromatic carbocycles. The SMILES string of the molecule is Cc1ccc(-c2nn(-c3ccc(F)cc3)cc2C(=O)NC2CCNCC2C)cc1.Cl. The second-order valence-corrected chi connectivity index (χ2v) is 7.73. The first-order valence-electron chi connectivity index (χ1n) is 9.95. The predicted molar refractivity (Wildman–Crippen MR) is 119 cm³/mol. The molecule has 3 aromatic rings. The van der Waals surface area contributed by atoms with E-state index in [2.05, 4.69) is 22.7 Å². The van der Waals surface area contributed by atoms with E-state index < -0.39 is 0 Å². The third kappa shape index (κ3) is 4.71. The summed E-state index contributed by atoms with van der Waals surface area (Å²) < 4.78 is 15.0. The fourth-order valence-electron chi connectivity index (χ4n) is 3.67. The van der Waals surface area contributed by atoms with E-state index in [9.17, 15) is 9.18 Å². The fourth-order valence-corrected chi connectivity index (χ4v) is 3.67. The van der Waals surface area contributed by atoms with Crippen molar-refractivity contribution in [1.82, 2.24) is 20.4 Å². The van der Waals surface area contributed by atoms with Gasteiger partial charge in [-0.3, -0.25) is 4.79 Å². The summed E-state index contributed by atoms with van der Waals surface area (Å²) in [5.41, 5.74) is 3.85. The maximum atomic E-state index is 13.3. The Hall–Kier alpha value is -2.70. The number of halogens is 2. The van der Waals surface area contributed by atoms with Gasteiger partial charge in [0.25, 0.3) is 5.91 Å². The summed E-state index contributed by atoms with van der Waals surface area (Å²) in [5.74, 6) is -0.0760. The Balaban J connectivity index is 0.00000256. The Bertz CT molecular complexity index is 1000. The van der Waals surface area contributed by atoms with Crippen molar-refractivity contribution in [3.05, 3.63) is 71.7 Å². The maximum absolute atomic E-state index is 13.3. The van der Waals surface area contributed by atoms with Crippen molar-refractivity contribution in [1.29, 1.82) is 0 Å². The van der Waals surface area contributed by atoms with Crippen LogP contribution in [0.5, 0.6) is 0 Å². The van der Waals surface area contributed by atoms with E-state index in [0.717, 1.165) is 30.6 Å². The van der Waals surface area contributed by atoms with Gasteiger partial charge in [-0.1, -0.05) is 36.8 Å². The molecule has 0 spiro atoms. The van der Waals surface area contributed by atoms with Crippen LogP contribution >= 0.6 is 12.4 Å². The van der Waals surface area contributed by atoms with E-state index in [1.807, 2.05) is 31.2 Å². The minimum Gasteiger partial charge on any atom is -0.349 e. The lowest BCUT2D eigenvalue weighted by Crippen LogP contribution is -2.48. The molecule has 2 N–H and O–H groups in total. The smallest absolute Gasteiger partial charge is 0.255 e. The maximum Gasteiger partial charge on any atom is 0.255 e. The zero-order valence-corrected chi connectivity index (χ0v) is 17.9. The van der Waals surface area contributed by atoms with Crippen LogP contribution < -0.4 is 10.6 Å². The molecule has 1 amide bonds. The molecule has 2 unspecified atom stereocenters. The van der Waals surface area contributed by atoms with Crippen LogP contribution in [0, 0.1) is 18.7 Å². The van der Waals surface area contributed by atoms with Crippen LogP contribution in [0.25, 0.3) is 16.9 Å². The number of hydrogen-bond acceptors (Lipinski definition) is 3. The van der Waals surface area contributed by atoms with Gasteiger partial charge in [0, 0.05) is 17.8 Å². The van der Waals surface area contributed by atoms with Gasteiger partial charge in [0.05, 0.1) is 11.3 Å². The standard InChI is InChI=1S/C23H25FN4O.ClH/c1-15-3-5-17(6-4-15)22-20(23(29)26-21-11-12-25-13-16(21)2)14-28(27-22)19-9-7-18(24)8-10-19;/h3-10,14,16,21,25H,11-13H2,1-2H3,(H,26,29);1H. The molecule has 30 heavy (non-hydrogen) atoms. The number of hydrogen-bond donors (Lipinski definition) is 2. The van der Waals surface area contributed by atoms with Crippen LogP contribution in [0.1, 0.15) is 29.3 Å². The highest BCUT2D eigenvalue weighted by Crippen LogP contribution is 2.25. The van der Waals surface area contributed by atoms with Gasteiger partial charge in [-0.25, -0.2) is 9.07 Å². The van der Waals surface area contributed by atoms with Crippen LogP contribution in [0.15, 0.2) is 54.7 Å². The van der Waals surface area contributed by atoms with Crippen molar-refractivity contribution in [2.75, 3.05) is 13.1 Å². The molecule has 1 saturated heterocycles. The van der Waals surface area contributed by atoms with Crippen molar-refractivity contribution in [2.45, 2.75) is 26.3 Å². The van der Waals surface area contributed by atoms with Crippen molar-refractivity contribution in [3.8, 4) is 16.9 Å². The van der Waals surface area contributed by atoms with Crippen LogP contribution in [0.3, 0.4) is 0 Å². The summed E-state index contributed by atoms with van der Waals surface area (Å²) in [4.78, 5) is 13.2. The first kappa shape index (κ1) is 22.0. The van der Waals surface area contributed by atoms with E-state index >= 15 is 0 Å². The number of carbonyl (C=O) groups excluding carboxylic acids is 1. The molecule has 1 fully saturated rings. The second kappa shape index (κ2) is 9.41. The first-order chi connectivity index (χ1) is 14.0. The van der Waals surface area contributed by atoms with E-state index in [4.69, 9.17) is 0 Å². The summed E-state index contributed by atoms with van der Waals surface area (Å²) in [6, 6.07) is 14.1. The fraction of sp³-hybridized carbons (Fsp3) is 0.304. The number of benzene rings is 2. The number of rotatable bonds is 4. The molecule has 0 saturated carbocycles. The molecular weight excluding hydrogens is 403 g/mol. The number of aryl methyl sites for hydroxylation is 1. The highest BCUT2D eigenvalue weighted by molar-refractivity contribution is 6.00. The number of amides is 1. The Labute approximate surface area is 182 Å². The van der Waals surface area contributed by atoms with Gasteiger partial charge in [0.2, 0.25) is 0 Å². The molecule has 1 aliphatic rings. The highest BCUT2D eigenvalue weighted by Gasteiger charge is 2.26. The molecule has 0 radical (unpaired) electrons. The number of nitrogens with one attached hydrogen (secondary N) is 2. The zero-order valence-electron chi connectivity index (χ0n) is 17.1. The van der Waals surface area contributed by atoms with Crippen LogP contribution in [-0.4, -0.2) is 34.8 Å². The normalized spacial score (nSPS) is 18.5. The van der Waals surface area contributed by atoms with Crippen molar-refractivity contribution in [3.63, 3.8) is 0 Å². The van der Waals surface area contributed by atoms with Gasteiger partial charge in [-0.2, -0.15) is 5.10 Å². The minimum absolute atomic E-state index is 0. The third-order valence-corrected chi connectivity index (χ3v) is 5.48. The van der Waals surface area contributed by atoms with E-state index in [1.54, 1.807) is 23.0 Å². The van der Waals surface area contributed by atoms with Gasteiger partial charge in [-0.05, 0) is 56.6 Å². The number of carbonyl (C=O) groups is 1. The number of aromatic nitrogens is 2. The Kier molecular flexibility index (Phi) is 6.90. The minimum atomic E-state index is -0.308. The van der Waals surface area contributed by atoms with Crippen LogP contribution in [-0.2, 0) is 0 Å². The Morgan fingerprint density at radius 2 is 1.87 bits per heavy atom. The molecule has 2 atom stereocenters. The molecule has 5 nitrogen and oxygen atoms in total. The molecule has 0 aliphatic carbocycles.